The minimum Gasteiger partial charge on any atom is -0.308 e. The van der Waals surface area contributed by atoms with Gasteiger partial charge >= 0.3 is 0 Å². The first-order chi connectivity index (χ1) is 8.88. The number of hydrogen-bond acceptors (Lipinski definition) is 5. The molecular formula is C13H11N5. The standard InChI is InChI=1S/C13H11N5/c14-18-12-5-6-16-13(17-12)11-8-15-7-9-3-1-2-4-10(9)11/h1-8H,14H2,(H,16,17,18). The van der Waals surface area contributed by atoms with Crippen LogP contribution in [-0.4, -0.2) is 15.0 Å². The lowest BCUT2D eigenvalue weighted by molar-refractivity contribution is 1.14. The molecule has 0 bridgehead atoms. The van der Waals surface area contributed by atoms with E-state index in [-0.39, 0.29) is 0 Å². The number of aromatic nitrogens is 3. The van der Waals surface area contributed by atoms with Crippen LogP contribution in [0, 0.1) is 0 Å². The van der Waals surface area contributed by atoms with E-state index in [9.17, 15) is 0 Å². The highest BCUT2D eigenvalue weighted by Crippen LogP contribution is 2.25. The molecule has 2 aromatic heterocycles. The molecule has 88 valence electrons. The molecule has 0 amide bonds. The first-order valence-electron chi connectivity index (χ1n) is 5.51. The Labute approximate surface area is 104 Å². The van der Waals surface area contributed by atoms with Crippen molar-refractivity contribution in [2.75, 3.05) is 5.43 Å². The summed E-state index contributed by atoms with van der Waals surface area (Å²) in [6, 6.07) is 9.71. The molecule has 0 unspecified atom stereocenters. The van der Waals surface area contributed by atoms with Crippen LogP contribution in [0.1, 0.15) is 0 Å². The summed E-state index contributed by atoms with van der Waals surface area (Å²) in [6.07, 6.45) is 5.25. The third kappa shape index (κ3) is 1.76. The summed E-state index contributed by atoms with van der Waals surface area (Å²) in [5.41, 5.74) is 3.41. The Morgan fingerprint density at radius 2 is 1.94 bits per heavy atom. The second-order valence-corrected chi connectivity index (χ2v) is 3.82. The number of fused-ring (bicyclic) bond motifs is 1. The molecule has 0 saturated carbocycles. The molecule has 0 aliphatic rings. The number of benzene rings is 1. The maximum atomic E-state index is 5.35. The van der Waals surface area contributed by atoms with Crippen LogP contribution in [0.25, 0.3) is 22.2 Å². The van der Waals surface area contributed by atoms with E-state index in [0.29, 0.717) is 11.6 Å². The summed E-state index contributed by atoms with van der Waals surface area (Å²) in [7, 11) is 0. The fraction of sp³-hybridized carbons (Fsp3) is 0. The van der Waals surface area contributed by atoms with Crippen molar-refractivity contribution in [2.24, 2.45) is 5.84 Å². The molecule has 0 radical (unpaired) electrons. The van der Waals surface area contributed by atoms with Crippen LogP contribution in [0.3, 0.4) is 0 Å². The first-order valence-corrected chi connectivity index (χ1v) is 5.51. The lowest BCUT2D eigenvalue weighted by Gasteiger charge is -2.05. The van der Waals surface area contributed by atoms with E-state index in [1.807, 2.05) is 30.5 Å². The Morgan fingerprint density at radius 1 is 1.06 bits per heavy atom. The molecule has 2 heterocycles. The van der Waals surface area contributed by atoms with E-state index >= 15 is 0 Å². The number of hydrazine groups is 1. The van der Waals surface area contributed by atoms with Crippen molar-refractivity contribution >= 4 is 16.6 Å². The maximum Gasteiger partial charge on any atom is 0.163 e. The molecule has 3 rings (SSSR count). The second-order valence-electron chi connectivity index (χ2n) is 3.82. The highest BCUT2D eigenvalue weighted by molar-refractivity contribution is 5.94. The summed E-state index contributed by atoms with van der Waals surface area (Å²) in [6.45, 7) is 0. The van der Waals surface area contributed by atoms with E-state index in [1.165, 1.54) is 0 Å². The van der Waals surface area contributed by atoms with Crippen molar-refractivity contribution in [1.82, 2.24) is 15.0 Å². The Balaban J connectivity index is 2.24. The molecule has 0 aliphatic heterocycles. The molecule has 3 N–H and O–H groups in total. The van der Waals surface area contributed by atoms with Gasteiger partial charge in [0.2, 0.25) is 0 Å². The van der Waals surface area contributed by atoms with Gasteiger partial charge in [0.1, 0.15) is 5.82 Å². The van der Waals surface area contributed by atoms with Gasteiger partial charge in [-0.15, -0.1) is 0 Å². The van der Waals surface area contributed by atoms with Crippen LogP contribution in [0.4, 0.5) is 5.82 Å². The Kier molecular flexibility index (Phi) is 2.59. The predicted molar refractivity (Wildman–Crippen MR) is 70.6 cm³/mol. The molecule has 0 saturated heterocycles. The van der Waals surface area contributed by atoms with Gasteiger partial charge in [0.25, 0.3) is 0 Å². The predicted octanol–water partition coefficient (Wildman–Crippen LogP) is 1.98. The Morgan fingerprint density at radius 3 is 2.83 bits per heavy atom. The number of hydrogen-bond donors (Lipinski definition) is 2. The molecule has 0 atom stereocenters. The van der Waals surface area contributed by atoms with Gasteiger partial charge in [-0.3, -0.25) is 4.98 Å². The number of nitrogens with zero attached hydrogens (tertiary/aromatic N) is 3. The Bertz CT molecular complexity index is 690. The van der Waals surface area contributed by atoms with Crippen molar-refractivity contribution < 1.29 is 0 Å². The number of rotatable bonds is 2. The van der Waals surface area contributed by atoms with Gasteiger partial charge in [-0.25, -0.2) is 15.8 Å². The van der Waals surface area contributed by atoms with Crippen molar-refractivity contribution in [3.63, 3.8) is 0 Å². The van der Waals surface area contributed by atoms with Crippen LogP contribution in [0.15, 0.2) is 48.9 Å². The van der Waals surface area contributed by atoms with Crippen LogP contribution in [0.2, 0.25) is 0 Å². The minimum atomic E-state index is 0.577. The quantitative estimate of drug-likeness (QED) is 0.526. The minimum absolute atomic E-state index is 0.577. The first kappa shape index (κ1) is 10.6. The third-order valence-corrected chi connectivity index (χ3v) is 2.71. The van der Waals surface area contributed by atoms with Gasteiger partial charge < -0.3 is 5.43 Å². The number of nitrogens with one attached hydrogen (secondary N) is 1. The fourth-order valence-electron chi connectivity index (χ4n) is 1.86. The van der Waals surface area contributed by atoms with Gasteiger partial charge in [0.05, 0.1) is 0 Å². The van der Waals surface area contributed by atoms with E-state index < -0.39 is 0 Å². The van der Waals surface area contributed by atoms with E-state index in [1.54, 1.807) is 18.5 Å². The smallest absolute Gasteiger partial charge is 0.163 e. The van der Waals surface area contributed by atoms with Gasteiger partial charge in [-0.2, -0.15) is 0 Å². The largest absolute Gasteiger partial charge is 0.308 e. The third-order valence-electron chi connectivity index (χ3n) is 2.71. The zero-order chi connectivity index (χ0) is 12.4. The van der Waals surface area contributed by atoms with E-state index in [0.717, 1.165) is 16.3 Å². The van der Waals surface area contributed by atoms with Crippen molar-refractivity contribution in [1.29, 1.82) is 0 Å². The molecule has 5 heteroatoms. The van der Waals surface area contributed by atoms with Gasteiger partial charge in [-0.1, -0.05) is 24.3 Å². The van der Waals surface area contributed by atoms with Crippen LogP contribution < -0.4 is 11.3 Å². The summed E-state index contributed by atoms with van der Waals surface area (Å²) < 4.78 is 0. The second kappa shape index (κ2) is 4.38. The molecule has 5 nitrogen and oxygen atoms in total. The molecule has 1 aromatic carbocycles. The zero-order valence-corrected chi connectivity index (χ0v) is 9.54. The van der Waals surface area contributed by atoms with Gasteiger partial charge in [-0.05, 0) is 5.39 Å². The average molecular weight is 237 g/mol. The molecule has 0 spiro atoms. The monoisotopic (exact) mass is 237 g/mol. The maximum absolute atomic E-state index is 5.35. The SMILES string of the molecule is NNc1ccnc(-c2cncc3ccccc23)n1. The highest BCUT2D eigenvalue weighted by atomic mass is 15.3. The molecular weight excluding hydrogens is 226 g/mol. The summed E-state index contributed by atoms with van der Waals surface area (Å²) in [5.74, 6) is 6.54. The lowest BCUT2D eigenvalue weighted by atomic mass is 10.1. The van der Waals surface area contributed by atoms with Crippen molar-refractivity contribution in [3.8, 4) is 11.4 Å². The molecule has 18 heavy (non-hydrogen) atoms. The van der Waals surface area contributed by atoms with Gasteiger partial charge in [0, 0.05) is 35.6 Å². The molecule has 3 aromatic rings. The zero-order valence-electron chi connectivity index (χ0n) is 9.54. The fourth-order valence-corrected chi connectivity index (χ4v) is 1.86. The van der Waals surface area contributed by atoms with Crippen molar-refractivity contribution in [2.45, 2.75) is 0 Å². The van der Waals surface area contributed by atoms with E-state index in [2.05, 4.69) is 20.4 Å². The normalized spacial score (nSPS) is 10.5. The number of anilines is 1. The number of pyridine rings is 1. The molecule has 0 aliphatic carbocycles. The Hall–Kier alpha value is -2.53. The van der Waals surface area contributed by atoms with Crippen molar-refractivity contribution in [3.05, 3.63) is 48.9 Å². The molecule has 0 fully saturated rings. The van der Waals surface area contributed by atoms with Crippen LogP contribution >= 0.6 is 0 Å². The average Bonchev–Trinajstić information content (AvgIpc) is 2.47. The summed E-state index contributed by atoms with van der Waals surface area (Å²) >= 11 is 0. The van der Waals surface area contributed by atoms with E-state index in [4.69, 9.17) is 5.84 Å². The summed E-state index contributed by atoms with van der Waals surface area (Å²) in [5, 5.41) is 2.13. The van der Waals surface area contributed by atoms with Crippen LogP contribution in [0.5, 0.6) is 0 Å². The lowest BCUT2D eigenvalue weighted by Crippen LogP contribution is -2.09. The number of nitrogen functional groups attached to an aromatic ring is 1. The van der Waals surface area contributed by atoms with Gasteiger partial charge in [0.15, 0.2) is 5.82 Å². The number of nitrogens with two attached hydrogens (primary N) is 1. The summed E-state index contributed by atoms with van der Waals surface area (Å²) in [4.78, 5) is 12.8. The highest BCUT2D eigenvalue weighted by Gasteiger charge is 2.07. The topological polar surface area (TPSA) is 76.7 Å². The van der Waals surface area contributed by atoms with Crippen LogP contribution in [-0.2, 0) is 0 Å².